The third-order valence-electron chi connectivity index (χ3n) is 4.67. The van der Waals surface area contributed by atoms with Crippen LogP contribution in [-0.4, -0.2) is 34.7 Å². The summed E-state index contributed by atoms with van der Waals surface area (Å²) >= 11 is 0. The molecule has 0 aromatic heterocycles. The summed E-state index contributed by atoms with van der Waals surface area (Å²) in [6.45, 7) is 3.55. The molecule has 2 rings (SSSR count). The van der Waals surface area contributed by atoms with Crippen LogP contribution in [-0.2, 0) is 20.9 Å². The van der Waals surface area contributed by atoms with Crippen LogP contribution >= 0.6 is 0 Å². The van der Waals surface area contributed by atoms with Crippen LogP contribution in [0.1, 0.15) is 45.1 Å². The van der Waals surface area contributed by atoms with Gasteiger partial charge in [-0.1, -0.05) is 57.0 Å². The molecule has 0 bridgehead atoms. The molecule has 7 heteroatoms. The molecular formula is C19H26N2O5. The van der Waals surface area contributed by atoms with Gasteiger partial charge < -0.3 is 20.5 Å². The highest BCUT2D eigenvalue weighted by atomic mass is 16.5. The van der Waals surface area contributed by atoms with Crippen molar-refractivity contribution in [3.05, 3.63) is 35.9 Å². The van der Waals surface area contributed by atoms with E-state index in [1.165, 1.54) is 0 Å². The zero-order chi connectivity index (χ0) is 19.2. The molecule has 7 nitrogen and oxygen atoms in total. The third kappa shape index (κ3) is 4.97. The largest absolute Gasteiger partial charge is 0.480 e. The molecule has 3 N–H and O–H groups in total. The van der Waals surface area contributed by atoms with Crippen LogP contribution in [0.25, 0.3) is 0 Å². The van der Waals surface area contributed by atoms with E-state index in [9.17, 15) is 19.5 Å². The summed E-state index contributed by atoms with van der Waals surface area (Å²) in [5.74, 6) is -1.82. The van der Waals surface area contributed by atoms with Crippen molar-refractivity contribution >= 4 is 18.0 Å². The quantitative estimate of drug-likeness (QED) is 0.691. The molecule has 0 aliphatic heterocycles. The molecule has 2 amide bonds. The predicted molar refractivity (Wildman–Crippen MR) is 95.4 cm³/mol. The second kappa shape index (κ2) is 8.69. The Morgan fingerprint density at radius 1 is 1.15 bits per heavy atom. The Balaban J connectivity index is 2.00. The molecular weight excluding hydrogens is 336 g/mol. The molecule has 0 spiro atoms. The second-order valence-corrected chi connectivity index (χ2v) is 7.01. The summed E-state index contributed by atoms with van der Waals surface area (Å²) in [5.41, 5.74) is -0.269. The fourth-order valence-corrected chi connectivity index (χ4v) is 3.13. The van der Waals surface area contributed by atoms with Crippen molar-refractivity contribution in [3.8, 4) is 0 Å². The molecule has 1 atom stereocenters. The van der Waals surface area contributed by atoms with E-state index in [-0.39, 0.29) is 12.5 Å². The highest BCUT2D eigenvalue weighted by molar-refractivity contribution is 5.93. The summed E-state index contributed by atoms with van der Waals surface area (Å²) in [6.07, 6.45) is 1.81. The number of carboxylic acids is 1. The van der Waals surface area contributed by atoms with E-state index >= 15 is 0 Å². The predicted octanol–water partition coefficient (Wildman–Crippen LogP) is 2.45. The van der Waals surface area contributed by atoms with Crippen molar-refractivity contribution in [1.82, 2.24) is 10.6 Å². The van der Waals surface area contributed by atoms with Gasteiger partial charge in [-0.25, -0.2) is 9.59 Å². The SMILES string of the molecule is CC(C)C(NC(=O)C1(NC(=O)OCc2ccccc2)CCCC1)C(=O)O. The number of hydrogen-bond acceptors (Lipinski definition) is 4. The van der Waals surface area contributed by atoms with E-state index in [2.05, 4.69) is 10.6 Å². The zero-order valence-corrected chi connectivity index (χ0v) is 15.2. The summed E-state index contributed by atoms with van der Waals surface area (Å²) in [5, 5.41) is 14.5. The molecule has 0 saturated heterocycles. The van der Waals surface area contributed by atoms with Crippen molar-refractivity contribution in [2.75, 3.05) is 0 Å². The van der Waals surface area contributed by atoms with Crippen molar-refractivity contribution in [1.29, 1.82) is 0 Å². The van der Waals surface area contributed by atoms with Gasteiger partial charge >= 0.3 is 12.1 Å². The number of carbonyl (C=O) groups is 3. The lowest BCUT2D eigenvalue weighted by Gasteiger charge is -2.30. The number of ether oxygens (including phenoxy) is 1. The van der Waals surface area contributed by atoms with Gasteiger partial charge in [0.2, 0.25) is 5.91 Å². The van der Waals surface area contributed by atoms with Gasteiger partial charge in [-0.2, -0.15) is 0 Å². The molecule has 1 aliphatic rings. The Kier molecular flexibility index (Phi) is 6.60. The van der Waals surface area contributed by atoms with Crippen molar-refractivity contribution < 1.29 is 24.2 Å². The monoisotopic (exact) mass is 362 g/mol. The van der Waals surface area contributed by atoms with Crippen LogP contribution in [0.3, 0.4) is 0 Å². The number of carbonyl (C=O) groups excluding carboxylic acids is 2. The van der Waals surface area contributed by atoms with E-state index in [0.717, 1.165) is 18.4 Å². The van der Waals surface area contributed by atoms with E-state index in [4.69, 9.17) is 4.74 Å². The molecule has 1 aromatic rings. The minimum Gasteiger partial charge on any atom is -0.480 e. The minimum absolute atomic E-state index is 0.105. The van der Waals surface area contributed by atoms with Gasteiger partial charge in [-0.05, 0) is 24.3 Å². The number of alkyl carbamates (subject to hydrolysis) is 1. The summed E-state index contributed by atoms with van der Waals surface area (Å²) in [4.78, 5) is 36.3. The van der Waals surface area contributed by atoms with Crippen molar-refractivity contribution in [3.63, 3.8) is 0 Å². The molecule has 1 aliphatic carbocycles. The average Bonchev–Trinajstić information content (AvgIpc) is 3.07. The average molecular weight is 362 g/mol. The number of benzene rings is 1. The summed E-state index contributed by atoms with van der Waals surface area (Å²) in [7, 11) is 0. The molecule has 1 saturated carbocycles. The minimum atomic E-state index is -1.11. The Hall–Kier alpha value is -2.57. The normalized spacial score (nSPS) is 16.7. The van der Waals surface area contributed by atoms with Gasteiger partial charge in [0, 0.05) is 0 Å². The number of carboxylic acid groups (broad SMARTS) is 1. The number of rotatable bonds is 7. The molecule has 1 fully saturated rings. The first-order valence-corrected chi connectivity index (χ1v) is 8.87. The van der Waals surface area contributed by atoms with Crippen molar-refractivity contribution in [2.45, 2.75) is 57.7 Å². The molecule has 26 heavy (non-hydrogen) atoms. The van der Waals surface area contributed by atoms with E-state index < -0.39 is 29.6 Å². The fourth-order valence-electron chi connectivity index (χ4n) is 3.13. The van der Waals surface area contributed by atoms with Gasteiger partial charge in [-0.15, -0.1) is 0 Å². The first-order valence-electron chi connectivity index (χ1n) is 8.87. The number of nitrogens with one attached hydrogen (secondary N) is 2. The van der Waals surface area contributed by atoms with Gasteiger partial charge in [0.25, 0.3) is 0 Å². The van der Waals surface area contributed by atoms with Crippen LogP contribution in [0.5, 0.6) is 0 Å². The summed E-state index contributed by atoms with van der Waals surface area (Å²) < 4.78 is 5.22. The van der Waals surface area contributed by atoms with Crippen LogP contribution in [0.15, 0.2) is 30.3 Å². The highest BCUT2D eigenvalue weighted by Gasteiger charge is 2.44. The standard InChI is InChI=1S/C19H26N2O5/c1-13(2)15(16(22)23)20-17(24)19(10-6-7-11-19)21-18(25)26-12-14-8-4-3-5-9-14/h3-5,8-9,13,15H,6-7,10-12H2,1-2H3,(H,20,24)(H,21,25)(H,22,23). The topological polar surface area (TPSA) is 105 Å². The summed E-state index contributed by atoms with van der Waals surface area (Å²) in [6, 6.07) is 8.24. The Labute approximate surface area is 153 Å². The van der Waals surface area contributed by atoms with Gasteiger partial charge in [0.15, 0.2) is 0 Å². The van der Waals surface area contributed by atoms with Crippen LogP contribution in [0.4, 0.5) is 4.79 Å². The Bertz CT molecular complexity index is 639. The lowest BCUT2D eigenvalue weighted by molar-refractivity contribution is -0.144. The molecule has 0 heterocycles. The maximum Gasteiger partial charge on any atom is 0.408 e. The molecule has 1 unspecified atom stereocenters. The Morgan fingerprint density at radius 2 is 1.77 bits per heavy atom. The van der Waals surface area contributed by atoms with E-state index in [1.807, 2.05) is 30.3 Å². The van der Waals surface area contributed by atoms with Crippen LogP contribution < -0.4 is 10.6 Å². The number of hydrogen-bond donors (Lipinski definition) is 3. The maximum atomic E-state index is 12.8. The molecule has 142 valence electrons. The van der Waals surface area contributed by atoms with Gasteiger partial charge in [0.1, 0.15) is 18.2 Å². The number of aliphatic carboxylic acids is 1. The first kappa shape index (κ1) is 19.8. The van der Waals surface area contributed by atoms with Crippen molar-refractivity contribution in [2.24, 2.45) is 5.92 Å². The van der Waals surface area contributed by atoms with E-state index in [1.54, 1.807) is 13.8 Å². The lowest BCUT2D eigenvalue weighted by Crippen LogP contribution is -2.60. The lowest BCUT2D eigenvalue weighted by atomic mass is 9.94. The number of amides is 2. The second-order valence-electron chi connectivity index (χ2n) is 7.01. The maximum absolute atomic E-state index is 12.8. The third-order valence-corrected chi connectivity index (χ3v) is 4.67. The molecule has 0 radical (unpaired) electrons. The first-order chi connectivity index (χ1) is 12.3. The fraction of sp³-hybridized carbons (Fsp3) is 0.526. The van der Waals surface area contributed by atoms with E-state index in [0.29, 0.717) is 12.8 Å². The van der Waals surface area contributed by atoms with Gasteiger partial charge in [0.05, 0.1) is 0 Å². The highest BCUT2D eigenvalue weighted by Crippen LogP contribution is 2.30. The van der Waals surface area contributed by atoms with Crippen LogP contribution in [0, 0.1) is 5.92 Å². The molecule has 1 aromatic carbocycles. The van der Waals surface area contributed by atoms with Gasteiger partial charge in [-0.3, -0.25) is 4.79 Å². The van der Waals surface area contributed by atoms with Crippen LogP contribution in [0.2, 0.25) is 0 Å². The Morgan fingerprint density at radius 3 is 2.31 bits per heavy atom. The smallest absolute Gasteiger partial charge is 0.408 e. The zero-order valence-electron chi connectivity index (χ0n) is 15.2.